The highest BCUT2D eigenvalue weighted by Gasteiger charge is 2.30. The summed E-state index contributed by atoms with van der Waals surface area (Å²) in [5, 5.41) is 0. The van der Waals surface area contributed by atoms with E-state index in [4.69, 9.17) is 9.47 Å². The van der Waals surface area contributed by atoms with E-state index in [0.29, 0.717) is 13.2 Å². The van der Waals surface area contributed by atoms with Gasteiger partial charge in [-0.2, -0.15) is 0 Å². The third kappa shape index (κ3) is 8.57. The van der Waals surface area contributed by atoms with Crippen molar-refractivity contribution in [1.82, 2.24) is 19.6 Å². The second-order valence-corrected chi connectivity index (χ2v) is 10.6. The van der Waals surface area contributed by atoms with Gasteiger partial charge in [0.05, 0.1) is 13.7 Å². The van der Waals surface area contributed by atoms with Gasteiger partial charge in [0.2, 0.25) is 12.3 Å². The largest absolute Gasteiger partial charge is 0.493 e. The maximum Gasteiger partial charge on any atom is 0.236 e. The van der Waals surface area contributed by atoms with Crippen LogP contribution < -0.4 is 9.47 Å². The second-order valence-electron chi connectivity index (χ2n) is 10.6. The van der Waals surface area contributed by atoms with Crippen LogP contribution in [0.3, 0.4) is 0 Å². The van der Waals surface area contributed by atoms with Crippen LogP contribution in [0.2, 0.25) is 0 Å². The van der Waals surface area contributed by atoms with Crippen molar-refractivity contribution in [1.29, 1.82) is 0 Å². The highest BCUT2D eigenvalue weighted by Crippen LogP contribution is 2.29. The Balaban J connectivity index is 0.000000186. The fourth-order valence-electron chi connectivity index (χ4n) is 5.24. The van der Waals surface area contributed by atoms with Crippen molar-refractivity contribution in [2.45, 2.75) is 38.8 Å². The van der Waals surface area contributed by atoms with Gasteiger partial charge < -0.3 is 19.3 Å². The average Bonchev–Trinajstić information content (AvgIpc) is 2.97. The molecule has 0 radical (unpaired) electrons. The Morgan fingerprint density at radius 1 is 0.925 bits per heavy atom. The Bertz CT molecular complexity index is 1090. The summed E-state index contributed by atoms with van der Waals surface area (Å²) in [6.07, 6.45) is 8.99. The third-order valence-corrected chi connectivity index (χ3v) is 7.96. The molecule has 2 aromatic rings. The normalized spacial score (nSPS) is 18.6. The Morgan fingerprint density at radius 2 is 1.65 bits per heavy atom. The topological polar surface area (TPSA) is 65.6 Å². The molecule has 5 rings (SSSR count). The van der Waals surface area contributed by atoms with Gasteiger partial charge in [0.15, 0.2) is 11.5 Å². The van der Waals surface area contributed by atoms with E-state index in [1.807, 2.05) is 72.5 Å². The molecular weight excluding hydrogens is 504 g/mol. The highest BCUT2D eigenvalue weighted by atomic mass is 16.5. The number of carbonyl (C=O) groups excluding carboxylic acids is 2. The number of nitrogens with zero attached hydrogens (tertiary/aromatic N) is 4. The number of amides is 2. The number of methoxy groups -OCH3 is 1. The lowest BCUT2D eigenvalue weighted by molar-refractivity contribution is -0.135. The summed E-state index contributed by atoms with van der Waals surface area (Å²) in [4.78, 5) is 31.5. The van der Waals surface area contributed by atoms with E-state index in [0.717, 1.165) is 87.4 Å². The molecule has 8 heteroatoms. The summed E-state index contributed by atoms with van der Waals surface area (Å²) >= 11 is 0. The lowest BCUT2D eigenvalue weighted by atomic mass is 9.91. The number of rotatable bonds is 9. The smallest absolute Gasteiger partial charge is 0.236 e. The lowest BCUT2D eigenvalue weighted by Crippen LogP contribution is -2.56. The minimum atomic E-state index is 0.253. The van der Waals surface area contributed by atoms with Crippen molar-refractivity contribution in [2.24, 2.45) is 0 Å². The van der Waals surface area contributed by atoms with Gasteiger partial charge in [-0.3, -0.25) is 19.4 Å². The van der Waals surface area contributed by atoms with Crippen molar-refractivity contribution in [3.63, 3.8) is 0 Å². The number of carbonyl (C=O) groups is 2. The Kier molecular flexibility index (Phi) is 11.4. The minimum Gasteiger partial charge on any atom is -0.493 e. The summed E-state index contributed by atoms with van der Waals surface area (Å²) in [5.74, 6) is 1.77. The van der Waals surface area contributed by atoms with Crippen LogP contribution in [0.1, 0.15) is 37.3 Å². The number of piperazine rings is 2. The molecule has 0 spiro atoms. The first-order valence-electron chi connectivity index (χ1n) is 14.5. The first-order valence-corrected chi connectivity index (χ1v) is 14.5. The van der Waals surface area contributed by atoms with Crippen LogP contribution >= 0.6 is 0 Å². The zero-order chi connectivity index (χ0) is 28.2. The first-order chi connectivity index (χ1) is 19.6. The van der Waals surface area contributed by atoms with Crippen LogP contribution in [0.4, 0.5) is 0 Å². The van der Waals surface area contributed by atoms with Crippen LogP contribution in [0, 0.1) is 0 Å². The molecule has 2 aromatic carbocycles. The molecule has 3 fully saturated rings. The molecule has 2 saturated heterocycles. The second kappa shape index (κ2) is 15.4. The summed E-state index contributed by atoms with van der Waals surface area (Å²) in [6, 6.07) is 16.8. The Labute approximate surface area is 239 Å². The van der Waals surface area contributed by atoms with Crippen LogP contribution in [0.25, 0.3) is 6.08 Å². The van der Waals surface area contributed by atoms with E-state index in [-0.39, 0.29) is 5.91 Å². The molecule has 0 N–H and O–H groups in total. The maximum atomic E-state index is 12.4. The molecule has 0 bridgehead atoms. The maximum absolute atomic E-state index is 12.4. The predicted octanol–water partition coefficient (Wildman–Crippen LogP) is 3.76. The van der Waals surface area contributed by atoms with Crippen molar-refractivity contribution in [3.8, 4) is 11.5 Å². The number of hydrogen-bond acceptors (Lipinski definition) is 6. The molecule has 0 aromatic heterocycles. The van der Waals surface area contributed by atoms with Gasteiger partial charge in [-0.15, -0.1) is 0 Å². The monoisotopic (exact) mass is 548 g/mol. The molecule has 0 atom stereocenters. The summed E-state index contributed by atoms with van der Waals surface area (Å²) < 4.78 is 11.2. The van der Waals surface area contributed by atoms with E-state index in [1.165, 1.54) is 19.3 Å². The van der Waals surface area contributed by atoms with E-state index >= 15 is 0 Å². The zero-order valence-electron chi connectivity index (χ0n) is 24.0. The molecule has 40 heavy (non-hydrogen) atoms. The molecule has 216 valence electrons. The zero-order valence-corrected chi connectivity index (χ0v) is 24.0. The molecule has 3 aliphatic rings. The van der Waals surface area contributed by atoms with Crippen molar-refractivity contribution < 1.29 is 19.1 Å². The standard InChI is InChI=1S/C17H18O2.C15H26N4O2/c1-3-7-14-10-11-16(17(12-14)18-2)19-13-15-8-5-4-6-9-15;20-13-17-6-4-16(5-7-17)12-15(21)19-10-8-18(9-11-19)14-2-1-3-14/h3-12H,13H2,1-2H3;13-14H,1-12H2/b7-3+;. The highest BCUT2D eigenvalue weighted by molar-refractivity contribution is 5.78. The van der Waals surface area contributed by atoms with Crippen LogP contribution in [0.5, 0.6) is 11.5 Å². The van der Waals surface area contributed by atoms with Crippen LogP contribution in [-0.4, -0.2) is 104 Å². The predicted molar refractivity (Wildman–Crippen MR) is 158 cm³/mol. The van der Waals surface area contributed by atoms with E-state index in [1.54, 1.807) is 12.0 Å². The SMILES string of the molecule is C/C=C/c1ccc(OCc2ccccc2)c(OC)c1.O=CN1CCN(CC(=O)N2CCN(C3CCC3)CC2)CC1. The molecule has 2 amide bonds. The van der Waals surface area contributed by atoms with Gasteiger partial charge in [0, 0.05) is 58.4 Å². The number of ether oxygens (including phenoxy) is 2. The van der Waals surface area contributed by atoms with Crippen molar-refractivity contribution in [3.05, 3.63) is 65.7 Å². The fourth-order valence-corrected chi connectivity index (χ4v) is 5.24. The molecule has 2 heterocycles. The lowest BCUT2D eigenvalue weighted by Gasteiger charge is -2.43. The molecule has 1 saturated carbocycles. The summed E-state index contributed by atoms with van der Waals surface area (Å²) in [5.41, 5.74) is 2.24. The number of hydrogen-bond donors (Lipinski definition) is 0. The molecule has 8 nitrogen and oxygen atoms in total. The number of benzene rings is 2. The summed E-state index contributed by atoms with van der Waals surface area (Å²) in [6.45, 7) is 9.98. The minimum absolute atomic E-state index is 0.253. The molecule has 1 aliphatic carbocycles. The van der Waals surface area contributed by atoms with Crippen LogP contribution in [0.15, 0.2) is 54.6 Å². The summed E-state index contributed by atoms with van der Waals surface area (Å²) in [7, 11) is 1.66. The van der Waals surface area contributed by atoms with Crippen molar-refractivity contribution >= 4 is 18.4 Å². The van der Waals surface area contributed by atoms with Gasteiger partial charge in [-0.05, 0) is 43.0 Å². The van der Waals surface area contributed by atoms with Crippen molar-refractivity contribution in [2.75, 3.05) is 66.0 Å². The van der Waals surface area contributed by atoms with Gasteiger partial charge in [-0.25, -0.2) is 0 Å². The Morgan fingerprint density at radius 3 is 2.25 bits per heavy atom. The quantitative estimate of drug-likeness (QED) is 0.445. The Hall–Kier alpha value is -3.36. The molecular formula is C32H44N4O4. The first kappa shape index (κ1) is 29.6. The van der Waals surface area contributed by atoms with E-state index in [9.17, 15) is 9.59 Å². The fraction of sp³-hybridized carbons (Fsp3) is 0.500. The van der Waals surface area contributed by atoms with Gasteiger partial charge in [-0.1, -0.05) is 55.0 Å². The molecule has 2 aliphatic heterocycles. The van der Waals surface area contributed by atoms with Gasteiger partial charge in [0.1, 0.15) is 6.61 Å². The van der Waals surface area contributed by atoms with Crippen LogP contribution in [-0.2, 0) is 16.2 Å². The number of allylic oxidation sites excluding steroid dienone is 1. The van der Waals surface area contributed by atoms with Gasteiger partial charge >= 0.3 is 0 Å². The average molecular weight is 549 g/mol. The molecule has 0 unspecified atom stereocenters. The third-order valence-electron chi connectivity index (χ3n) is 7.96. The van der Waals surface area contributed by atoms with E-state index in [2.05, 4.69) is 9.80 Å². The van der Waals surface area contributed by atoms with E-state index < -0.39 is 0 Å². The van der Waals surface area contributed by atoms with Gasteiger partial charge in [0.25, 0.3) is 0 Å².